The van der Waals surface area contributed by atoms with E-state index in [4.69, 9.17) is 4.74 Å². The average Bonchev–Trinajstić information content (AvgIpc) is 3.44. The molecule has 0 atom stereocenters. The van der Waals surface area contributed by atoms with Gasteiger partial charge in [-0.15, -0.1) is 11.3 Å². The van der Waals surface area contributed by atoms with Crippen LogP contribution in [-0.2, 0) is 23.8 Å². The number of anilines is 1. The summed E-state index contributed by atoms with van der Waals surface area (Å²) < 4.78 is 47.1. The van der Waals surface area contributed by atoms with Gasteiger partial charge in [0, 0.05) is 16.5 Å². The third kappa shape index (κ3) is 4.27. The number of rotatable bonds is 4. The van der Waals surface area contributed by atoms with Crippen LogP contribution in [0, 0.1) is 0 Å². The molecule has 0 aliphatic heterocycles. The number of methoxy groups -OCH3 is 1. The lowest BCUT2D eigenvalue weighted by Gasteiger charge is -2.11. The van der Waals surface area contributed by atoms with Gasteiger partial charge in [-0.1, -0.05) is 30.3 Å². The van der Waals surface area contributed by atoms with Crippen LogP contribution in [0.2, 0.25) is 0 Å². The van der Waals surface area contributed by atoms with Gasteiger partial charge in [-0.25, -0.2) is 14.3 Å². The molecule has 1 aromatic carbocycles. The van der Waals surface area contributed by atoms with E-state index in [1.807, 2.05) is 0 Å². The highest BCUT2D eigenvalue weighted by atomic mass is 32.1. The lowest BCUT2D eigenvalue weighted by atomic mass is 9.95. The second-order valence-electron chi connectivity index (χ2n) is 8.05. The minimum Gasteiger partial charge on any atom is -0.465 e. The molecule has 7 nitrogen and oxygen atoms in total. The second-order valence-corrected chi connectivity index (χ2v) is 9.16. The minimum absolute atomic E-state index is 0.108. The highest BCUT2D eigenvalue weighted by Gasteiger charge is 2.36. The molecule has 0 bridgehead atoms. The third-order valence-electron chi connectivity index (χ3n) is 5.81. The molecule has 1 N–H and O–H groups in total. The molecule has 1 amide bonds. The van der Waals surface area contributed by atoms with Gasteiger partial charge in [-0.2, -0.15) is 18.3 Å². The van der Waals surface area contributed by atoms with E-state index in [2.05, 4.69) is 15.4 Å². The van der Waals surface area contributed by atoms with Gasteiger partial charge in [0.05, 0.1) is 18.4 Å². The number of hydrogen-bond donors (Lipinski definition) is 1. The van der Waals surface area contributed by atoms with Crippen LogP contribution in [-0.4, -0.2) is 33.6 Å². The molecule has 4 aromatic rings. The molecule has 0 spiro atoms. The van der Waals surface area contributed by atoms with Gasteiger partial charge in [-0.3, -0.25) is 4.79 Å². The van der Waals surface area contributed by atoms with E-state index in [0.29, 0.717) is 27.1 Å². The van der Waals surface area contributed by atoms with Crippen molar-refractivity contribution in [2.24, 2.45) is 0 Å². The fourth-order valence-electron chi connectivity index (χ4n) is 4.18. The van der Waals surface area contributed by atoms with Crippen molar-refractivity contribution in [3.63, 3.8) is 0 Å². The molecule has 1 aliphatic rings. The molecular weight excluding hydrogens is 481 g/mol. The normalized spacial score (nSPS) is 13.5. The van der Waals surface area contributed by atoms with E-state index in [9.17, 15) is 22.8 Å². The van der Waals surface area contributed by atoms with Crippen LogP contribution >= 0.6 is 11.3 Å². The SMILES string of the molecule is COC(=O)c1c(NC(=O)c2cc3nc(-c4ccccc4)cc(C(F)(F)F)n3n2)sc2c1CCCC2. The predicted molar refractivity (Wildman–Crippen MR) is 124 cm³/mol. The number of esters is 1. The zero-order valence-corrected chi connectivity index (χ0v) is 19.3. The smallest absolute Gasteiger partial charge is 0.433 e. The number of nitrogens with zero attached hydrogens (tertiary/aromatic N) is 3. The number of hydrogen-bond acceptors (Lipinski definition) is 6. The molecule has 0 radical (unpaired) electrons. The standard InChI is InChI=1S/C24H19F3N4O3S/c1-34-23(33)20-14-9-5-6-10-17(14)35-22(20)29-21(32)16-12-19-28-15(13-7-3-2-4-8-13)11-18(24(25,26)27)31(19)30-16/h2-4,7-8,11-12H,5-6,9-10H2,1H3,(H,29,32). The number of nitrogens with one attached hydrogen (secondary N) is 1. The molecule has 5 rings (SSSR count). The van der Waals surface area contributed by atoms with Crippen LogP contribution in [0.15, 0.2) is 42.5 Å². The number of aromatic nitrogens is 3. The number of carbonyl (C=O) groups excluding carboxylic acids is 2. The fraction of sp³-hybridized carbons (Fsp3) is 0.250. The largest absolute Gasteiger partial charge is 0.465 e. The van der Waals surface area contributed by atoms with E-state index in [1.54, 1.807) is 30.3 Å². The number of alkyl halides is 3. The van der Waals surface area contributed by atoms with E-state index in [-0.39, 0.29) is 17.0 Å². The molecule has 0 saturated carbocycles. The third-order valence-corrected chi connectivity index (χ3v) is 7.01. The van der Waals surface area contributed by atoms with Crippen molar-refractivity contribution in [2.75, 3.05) is 12.4 Å². The zero-order valence-electron chi connectivity index (χ0n) is 18.5. The zero-order chi connectivity index (χ0) is 24.7. The Bertz CT molecular complexity index is 1440. The lowest BCUT2D eigenvalue weighted by molar-refractivity contribution is -0.142. The number of fused-ring (bicyclic) bond motifs is 2. The highest BCUT2D eigenvalue weighted by Crippen LogP contribution is 2.39. The monoisotopic (exact) mass is 500 g/mol. The Balaban J connectivity index is 1.55. The Hall–Kier alpha value is -3.73. The summed E-state index contributed by atoms with van der Waals surface area (Å²) in [7, 11) is 1.26. The summed E-state index contributed by atoms with van der Waals surface area (Å²) in [4.78, 5) is 30.8. The summed E-state index contributed by atoms with van der Waals surface area (Å²) in [6, 6.07) is 10.5. The molecule has 0 fully saturated rings. The summed E-state index contributed by atoms with van der Waals surface area (Å²) >= 11 is 1.28. The number of ether oxygens (including phenoxy) is 1. The first-order chi connectivity index (χ1) is 16.8. The quantitative estimate of drug-likeness (QED) is 0.380. The Labute approximate surface area is 201 Å². The molecule has 11 heteroatoms. The van der Waals surface area contributed by atoms with Gasteiger partial charge in [0.2, 0.25) is 0 Å². The Morgan fingerprint density at radius 1 is 1.11 bits per heavy atom. The van der Waals surface area contributed by atoms with Gasteiger partial charge >= 0.3 is 12.1 Å². The van der Waals surface area contributed by atoms with Crippen LogP contribution < -0.4 is 5.32 Å². The highest BCUT2D eigenvalue weighted by molar-refractivity contribution is 7.17. The van der Waals surface area contributed by atoms with Crippen molar-refractivity contribution in [2.45, 2.75) is 31.9 Å². The number of thiophene rings is 1. The Morgan fingerprint density at radius 2 is 1.86 bits per heavy atom. The van der Waals surface area contributed by atoms with E-state index in [0.717, 1.165) is 35.8 Å². The predicted octanol–water partition coefficient (Wildman–Crippen LogP) is 5.39. The van der Waals surface area contributed by atoms with Crippen molar-refractivity contribution >= 4 is 33.9 Å². The molecule has 0 unspecified atom stereocenters. The Morgan fingerprint density at radius 3 is 2.57 bits per heavy atom. The Kier molecular flexibility index (Phi) is 5.79. The maximum atomic E-state index is 13.8. The first kappa shape index (κ1) is 23.0. The van der Waals surface area contributed by atoms with Crippen molar-refractivity contribution in [3.8, 4) is 11.3 Å². The molecule has 0 saturated heterocycles. The molecule has 3 aromatic heterocycles. The van der Waals surface area contributed by atoms with Gasteiger partial charge < -0.3 is 10.1 Å². The van der Waals surface area contributed by atoms with Gasteiger partial charge in [0.1, 0.15) is 5.00 Å². The number of amides is 1. The maximum absolute atomic E-state index is 13.8. The van der Waals surface area contributed by atoms with Crippen LogP contribution in [0.3, 0.4) is 0 Å². The van der Waals surface area contributed by atoms with Crippen LogP contribution in [0.5, 0.6) is 0 Å². The molecule has 3 heterocycles. The van der Waals surface area contributed by atoms with E-state index < -0.39 is 23.7 Å². The summed E-state index contributed by atoms with van der Waals surface area (Å²) in [5, 5.41) is 6.86. The summed E-state index contributed by atoms with van der Waals surface area (Å²) in [6.45, 7) is 0. The molecular formula is C24H19F3N4O3S. The van der Waals surface area contributed by atoms with Crippen molar-refractivity contribution < 1.29 is 27.5 Å². The van der Waals surface area contributed by atoms with Crippen molar-refractivity contribution in [1.82, 2.24) is 14.6 Å². The van der Waals surface area contributed by atoms with E-state index in [1.165, 1.54) is 24.5 Å². The molecule has 180 valence electrons. The average molecular weight is 501 g/mol. The fourth-order valence-corrected chi connectivity index (χ4v) is 5.46. The van der Waals surface area contributed by atoms with Crippen molar-refractivity contribution in [1.29, 1.82) is 0 Å². The number of halogens is 3. The number of benzene rings is 1. The maximum Gasteiger partial charge on any atom is 0.433 e. The van der Waals surface area contributed by atoms with Gasteiger partial charge in [0.25, 0.3) is 5.91 Å². The first-order valence-corrected chi connectivity index (χ1v) is 11.7. The summed E-state index contributed by atoms with van der Waals surface area (Å²) in [6.07, 6.45) is -1.35. The van der Waals surface area contributed by atoms with Gasteiger partial charge in [0.15, 0.2) is 17.0 Å². The lowest BCUT2D eigenvalue weighted by Crippen LogP contribution is -2.17. The summed E-state index contributed by atoms with van der Waals surface area (Å²) in [5.41, 5.74) is 0.327. The van der Waals surface area contributed by atoms with Crippen LogP contribution in [0.25, 0.3) is 16.9 Å². The molecule has 1 aliphatic carbocycles. The van der Waals surface area contributed by atoms with Gasteiger partial charge in [-0.05, 0) is 37.3 Å². The van der Waals surface area contributed by atoms with Crippen molar-refractivity contribution in [3.05, 3.63) is 69.9 Å². The first-order valence-electron chi connectivity index (χ1n) is 10.8. The summed E-state index contributed by atoms with van der Waals surface area (Å²) in [5.74, 6) is -1.31. The molecule has 35 heavy (non-hydrogen) atoms. The topological polar surface area (TPSA) is 85.6 Å². The van der Waals surface area contributed by atoms with E-state index >= 15 is 0 Å². The minimum atomic E-state index is -4.73. The number of carbonyl (C=O) groups is 2. The number of aryl methyl sites for hydroxylation is 1. The second kappa shape index (κ2) is 8.81. The van der Waals surface area contributed by atoms with Crippen LogP contribution in [0.1, 0.15) is 49.8 Å². The van der Waals surface area contributed by atoms with Crippen LogP contribution in [0.4, 0.5) is 18.2 Å².